The Balaban J connectivity index is 2.55. The number of carbonyl (C=O) groups excluding carboxylic acids is 2. The van der Waals surface area contributed by atoms with Crippen molar-refractivity contribution in [2.24, 2.45) is 11.7 Å². The smallest absolute Gasteiger partial charge is 0.326 e. The molecule has 0 radical (unpaired) electrons. The molecule has 0 aliphatic carbocycles. The number of rotatable bonds is 7. The summed E-state index contributed by atoms with van der Waals surface area (Å²) in [5.41, 5.74) is 4.97. The molecular weight excluding hydrogens is 252 g/mol. The number of carboxylic acids is 1. The van der Waals surface area contributed by atoms with Crippen molar-refractivity contribution in [1.82, 2.24) is 5.32 Å². The number of nitrogens with two attached hydrogens (primary N) is 1. The molecular formula is C12H20N2O5. The monoisotopic (exact) mass is 272 g/mol. The molecule has 0 saturated carbocycles. The Morgan fingerprint density at radius 2 is 2.16 bits per heavy atom. The maximum Gasteiger partial charge on any atom is 0.326 e. The van der Waals surface area contributed by atoms with Crippen LogP contribution in [0.3, 0.4) is 0 Å². The van der Waals surface area contributed by atoms with E-state index in [0.29, 0.717) is 19.4 Å². The molecule has 1 rings (SSSR count). The summed E-state index contributed by atoms with van der Waals surface area (Å²) in [6, 6.07) is -1.09. The van der Waals surface area contributed by atoms with Crippen LogP contribution < -0.4 is 11.1 Å². The first-order valence-electron chi connectivity index (χ1n) is 6.38. The van der Waals surface area contributed by atoms with Crippen molar-refractivity contribution in [2.75, 3.05) is 6.61 Å². The van der Waals surface area contributed by atoms with Gasteiger partial charge in [-0.15, -0.1) is 0 Å². The molecule has 0 spiro atoms. The van der Waals surface area contributed by atoms with Crippen LogP contribution >= 0.6 is 0 Å². The Hall–Kier alpha value is -1.63. The van der Waals surface area contributed by atoms with Gasteiger partial charge in [0.1, 0.15) is 6.04 Å². The van der Waals surface area contributed by atoms with Gasteiger partial charge in [0, 0.05) is 13.0 Å². The third-order valence-corrected chi connectivity index (χ3v) is 3.24. The van der Waals surface area contributed by atoms with Gasteiger partial charge in [0.25, 0.3) is 0 Å². The van der Waals surface area contributed by atoms with E-state index in [-0.39, 0.29) is 30.8 Å². The van der Waals surface area contributed by atoms with Gasteiger partial charge in [-0.2, -0.15) is 0 Å². The number of carbonyl (C=O) groups is 3. The first-order chi connectivity index (χ1) is 8.95. The van der Waals surface area contributed by atoms with Crippen LogP contribution in [0.2, 0.25) is 0 Å². The van der Waals surface area contributed by atoms with Gasteiger partial charge < -0.3 is 20.9 Å². The van der Waals surface area contributed by atoms with Gasteiger partial charge in [-0.3, -0.25) is 9.59 Å². The second kappa shape index (κ2) is 7.08. The number of primary amides is 1. The third kappa shape index (κ3) is 4.51. The number of hydrogen-bond acceptors (Lipinski definition) is 4. The highest BCUT2D eigenvalue weighted by molar-refractivity contribution is 5.86. The molecule has 108 valence electrons. The van der Waals surface area contributed by atoms with Crippen molar-refractivity contribution >= 4 is 17.8 Å². The Bertz CT molecular complexity index is 358. The molecule has 0 bridgehead atoms. The number of carboxylic acid groups (broad SMARTS) is 1. The molecule has 4 N–H and O–H groups in total. The number of nitrogens with one attached hydrogen (secondary N) is 1. The van der Waals surface area contributed by atoms with Gasteiger partial charge in [0.2, 0.25) is 11.8 Å². The summed E-state index contributed by atoms with van der Waals surface area (Å²) >= 11 is 0. The molecule has 0 aromatic rings. The maximum atomic E-state index is 12.0. The van der Waals surface area contributed by atoms with Gasteiger partial charge in [-0.25, -0.2) is 4.79 Å². The van der Waals surface area contributed by atoms with E-state index in [1.54, 1.807) is 0 Å². The minimum Gasteiger partial charge on any atom is -0.480 e. The largest absolute Gasteiger partial charge is 0.480 e. The Labute approximate surface area is 111 Å². The van der Waals surface area contributed by atoms with Crippen LogP contribution in [0.1, 0.15) is 32.6 Å². The van der Waals surface area contributed by atoms with E-state index in [4.69, 9.17) is 15.6 Å². The molecule has 2 amide bonds. The molecule has 7 heteroatoms. The summed E-state index contributed by atoms with van der Waals surface area (Å²) in [5, 5.41) is 11.5. The minimum atomic E-state index is -1.17. The fraction of sp³-hybridized carbons (Fsp3) is 0.750. The topological polar surface area (TPSA) is 119 Å². The average Bonchev–Trinajstić information content (AvgIpc) is 2.81. The fourth-order valence-corrected chi connectivity index (χ4v) is 2.17. The van der Waals surface area contributed by atoms with Crippen LogP contribution in [-0.4, -0.2) is 41.6 Å². The van der Waals surface area contributed by atoms with E-state index < -0.39 is 17.9 Å². The van der Waals surface area contributed by atoms with Crippen molar-refractivity contribution in [2.45, 2.75) is 44.8 Å². The van der Waals surface area contributed by atoms with Gasteiger partial charge >= 0.3 is 5.97 Å². The van der Waals surface area contributed by atoms with Crippen LogP contribution in [0.5, 0.6) is 0 Å². The fourth-order valence-electron chi connectivity index (χ4n) is 2.17. The van der Waals surface area contributed by atoms with Crippen LogP contribution in [-0.2, 0) is 19.1 Å². The molecule has 2 unspecified atom stereocenters. The number of aliphatic carboxylic acids is 1. The predicted molar refractivity (Wildman–Crippen MR) is 66.1 cm³/mol. The lowest BCUT2D eigenvalue weighted by Crippen LogP contribution is -2.45. The van der Waals surface area contributed by atoms with Gasteiger partial charge in [0.05, 0.1) is 12.0 Å². The molecule has 19 heavy (non-hydrogen) atoms. The molecule has 0 aromatic heterocycles. The lowest BCUT2D eigenvalue weighted by Gasteiger charge is -2.20. The number of ether oxygens (including phenoxy) is 1. The van der Waals surface area contributed by atoms with E-state index in [1.165, 1.54) is 0 Å². The van der Waals surface area contributed by atoms with E-state index >= 15 is 0 Å². The maximum absolute atomic E-state index is 12.0. The lowest BCUT2D eigenvalue weighted by atomic mass is 9.98. The summed E-state index contributed by atoms with van der Waals surface area (Å²) < 4.78 is 5.39. The first kappa shape index (κ1) is 15.4. The zero-order valence-electron chi connectivity index (χ0n) is 10.9. The standard InChI is InChI=1S/C12H20N2O5/c1-2-9-7(5-6-19-9)11(16)14-8(12(17)18)3-4-10(13)15/h7-9H,2-6H2,1H3,(H2,13,15)(H,14,16)(H,17,18)/t7?,8-,9?/m1/s1. The van der Waals surface area contributed by atoms with E-state index in [0.717, 1.165) is 0 Å². The molecule has 1 saturated heterocycles. The Morgan fingerprint density at radius 1 is 1.47 bits per heavy atom. The summed E-state index contributed by atoms with van der Waals surface area (Å²) in [4.78, 5) is 33.7. The molecule has 0 aromatic carbocycles. The second-order valence-electron chi connectivity index (χ2n) is 4.62. The molecule has 7 nitrogen and oxygen atoms in total. The molecule has 1 fully saturated rings. The van der Waals surface area contributed by atoms with Crippen LogP contribution in [0.4, 0.5) is 0 Å². The highest BCUT2D eigenvalue weighted by atomic mass is 16.5. The van der Waals surface area contributed by atoms with Crippen molar-refractivity contribution in [3.8, 4) is 0 Å². The summed E-state index contributed by atoms with van der Waals surface area (Å²) in [7, 11) is 0. The van der Waals surface area contributed by atoms with E-state index in [2.05, 4.69) is 5.32 Å². The summed E-state index contributed by atoms with van der Waals surface area (Å²) in [6.45, 7) is 2.42. The van der Waals surface area contributed by atoms with Gasteiger partial charge in [0.15, 0.2) is 0 Å². The van der Waals surface area contributed by atoms with Crippen molar-refractivity contribution < 1.29 is 24.2 Å². The summed E-state index contributed by atoms with van der Waals surface area (Å²) in [6.07, 6.45) is 1.06. The molecule has 3 atom stereocenters. The van der Waals surface area contributed by atoms with Gasteiger partial charge in [-0.1, -0.05) is 6.92 Å². The zero-order chi connectivity index (χ0) is 14.4. The average molecular weight is 272 g/mol. The predicted octanol–water partition coefficient (Wildman–Crippen LogP) is -0.364. The van der Waals surface area contributed by atoms with Gasteiger partial charge in [-0.05, 0) is 19.3 Å². The minimum absolute atomic E-state index is 0.000769. The lowest BCUT2D eigenvalue weighted by molar-refractivity contribution is -0.143. The highest BCUT2D eigenvalue weighted by Crippen LogP contribution is 2.23. The van der Waals surface area contributed by atoms with Crippen LogP contribution in [0, 0.1) is 5.92 Å². The van der Waals surface area contributed by atoms with Crippen LogP contribution in [0.15, 0.2) is 0 Å². The molecule has 1 aliphatic heterocycles. The van der Waals surface area contributed by atoms with Crippen LogP contribution in [0.25, 0.3) is 0 Å². The first-order valence-corrected chi connectivity index (χ1v) is 6.38. The molecule has 1 aliphatic rings. The zero-order valence-corrected chi connectivity index (χ0v) is 10.9. The summed E-state index contributed by atoms with van der Waals surface area (Å²) in [5.74, 6) is -2.40. The SMILES string of the molecule is CCC1OCCC1C(=O)N[C@H](CCC(N)=O)C(=O)O. The second-order valence-corrected chi connectivity index (χ2v) is 4.62. The van der Waals surface area contributed by atoms with E-state index in [9.17, 15) is 14.4 Å². The van der Waals surface area contributed by atoms with Crippen molar-refractivity contribution in [3.63, 3.8) is 0 Å². The molecule has 1 heterocycles. The Kier molecular flexibility index (Phi) is 5.75. The Morgan fingerprint density at radius 3 is 2.68 bits per heavy atom. The highest BCUT2D eigenvalue weighted by Gasteiger charge is 2.34. The van der Waals surface area contributed by atoms with Crippen molar-refractivity contribution in [1.29, 1.82) is 0 Å². The quantitative estimate of drug-likeness (QED) is 0.584. The normalized spacial score (nSPS) is 23.8. The van der Waals surface area contributed by atoms with E-state index in [1.807, 2.05) is 6.92 Å². The number of amides is 2. The third-order valence-electron chi connectivity index (χ3n) is 3.24. The van der Waals surface area contributed by atoms with Crippen molar-refractivity contribution in [3.05, 3.63) is 0 Å². The number of hydrogen-bond donors (Lipinski definition) is 3.